The number of halogens is 3. The number of carbonyl (C=O) groups excluding carboxylic acids is 1. The normalized spacial score (nSPS) is 21.2. The van der Waals surface area contributed by atoms with Crippen LogP contribution in [0.3, 0.4) is 0 Å². The van der Waals surface area contributed by atoms with Crippen molar-refractivity contribution in [1.29, 1.82) is 0 Å². The highest BCUT2D eigenvalue weighted by Gasteiger charge is 2.44. The number of ketones is 1. The third-order valence-corrected chi connectivity index (χ3v) is 5.10. The van der Waals surface area contributed by atoms with E-state index in [1.165, 1.54) is 6.07 Å². The summed E-state index contributed by atoms with van der Waals surface area (Å²) in [7, 11) is 1.58. The molecule has 1 aliphatic carbocycles. The lowest BCUT2D eigenvalue weighted by molar-refractivity contribution is -0.139. The second kappa shape index (κ2) is 8.39. The number of aliphatic imine (C=N–C) groups is 1. The molecule has 2 aromatic rings. The largest absolute Gasteiger partial charge is 0.490 e. The standard InChI is InChI=1S/C23H24F3NO2/c1-14(2)29-22-17(10-7-11-18(22)23(24,25)26)20-19(27-3)13-16(21(20)28)12-15-8-5-4-6-9-15/h4-11,14,16,20H,12-13H2,1-3H3. The summed E-state index contributed by atoms with van der Waals surface area (Å²) in [4.78, 5) is 17.5. The molecule has 2 atom stereocenters. The van der Waals surface area contributed by atoms with Crippen molar-refractivity contribution in [3.05, 3.63) is 65.2 Å². The van der Waals surface area contributed by atoms with Crippen LogP contribution in [-0.2, 0) is 17.4 Å². The van der Waals surface area contributed by atoms with Gasteiger partial charge in [0.25, 0.3) is 0 Å². The number of benzene rings is 2. The second-order valence-corrected chi connectivity index (χ2v) is 7.53. The van der Waals surface area contributed by atoms with Gasteiger partial charge in [0, 0.05) is 24.2 Å². The predicted molar refractivity (Wildman–Crippen MR) is 107 cm³/mol. The van der Waals surface area contributed by atoms with Gasteiger partial charge in [0.2, 0.25) is 0 Å². The summed E-state index contributed by atoms with van der Waals surface area (Å²) < 4.78 is 46.4. The summed E-state index contributed by atoms with van der Waals surface area (Å²) in [5.41, 5.74) is 1.00. The first-order valence-corrected chi connectivity index (χ1v) is 9.62. The van der Waals surface area contributed by atoms with E-state index < -0.39 is 23.8 Å². The first-order chi connectivity index (χ1) is 13.7. The topological polar surface area (TPSA) is 38.7 Å². The summed E-state index contributed by atoms with van der Waals surface area (Å²) in [6.45, 7) is 3.33. The Kier molecular flexibility index (Phi) is 6.10. The lowest BCUT2D eigenvalue weighted by Crippen LogP contribution is -2.21. The third-order valence-electron chi connectivity index (χ3n) is 5.10. The fourth-order valence-corrected chi connectivity index (χ4v) is 3.87. The zero-order valence-corrected chi connectivity index (χ0v) is 16.7. The molecule has 6 heteroatoms. The van der Waals surface area contributed by atoms with E-state index in [9.17, 15) is 18.0 Å². The summed E-state index contributed by atoms with van der Waals surface area (Å²) >= 11 is 0. The SMILES string of the molecule is CN=C1CC(Cc2ccccc2)C(=O)C1c1cccc(C(F)(F)F)c1OC(C)C. The van der Waals surface area contributed by atoms with Crippen LogP contribution < -0.4 is 4.74 Å². The van der Waals surface area contributed by atoms with Crippen molar-refractivity contribution < 1.29 is 22.7 Å². The Labute approximate surface area is 168 Å². The van der Waals surface area contributed by atoms with E-state index in [2.05, 4.69) is 4.99 Å². The van der Waals surface area contributed by atoms with Gasteiger partial charge in [-0.15, -0.1) is 0 Å². The molecular weight excluding hydrogens is 379 g/mol. The van der Waals surface area contributed by atoms with Gasteiger partial charge in [-0.25, -0.2) is 0 Å². The third kappa shape index (κ3) is 4.52. The molecule has 29 heavy (non-hydrogen) atoms. The monoisotopic (exact) mass is 403 g/mol. The van der Waals surface area contributed by atoms with Crippen molar-refractivity contribution in [2.45, 2.75) is 44.9 Å². The molecule has 3 nitrogen and oxygen atoms in total. The van der Waals surface area contributed by atoms with Crippen molar-refractivity contribution in [2.24, 2.45) is 10.9 Å². The number of ether oxygens (including phenoxy) is 1. The van der Waals surface area contributed by atoms with Gasteiger partial charge in [-0.05, 0) is 38.3 Å². The van der Waals surface area contributed by atoms with Gasteiger partial charge < -0.3 is 4.74 Å². The first kappa shape index (κ1) is 21.1. The second-order valence-electron chi connectivity index (χ2n) is 7.53. The number of alkyl halides is 3. The minimum absolute atomic E-state index is 0.109. The lowest BCUT2D eigenvalue weighted by atomic mass is 9.90. The van der Waals surface area contributed by atoms with Gasteiger partial charge in [-0.3, -0.25) is 9.79 Å². The van der Waals surface area contributed by atoms with Crippen LogP contribution in [0, 0.1) is 5.92 Å². The Bertz CT molecular complexity index is 904. The van der Waals surface area contributed by atoms with E-state index in [1.54, 1.807) is 27.0 Å². The molecule has 0 aromatic heterocycles. The number of nitrogens with zero attached hydrogens (tertiary/aromatic N) is 1. The number of carbonyl (C=O) groups is 1. The van der Waals surface area contributed by atoms with Crippen LogP contribution >= 0.6 is 0 Å². The fraction of sp³-hybridized carbons (Fsp3) is 0.391. The Morgan fingerprint density at radius 3 is 2.38 bits per heavy atom. The minimum Gasteiger partial charge on any atom is -0.490 e. The molecule has 1 saturated carbocycles. The van der Waals surface area contributed by atoms with Gasteiger partial charge >= 0.3 is 6.18 Å². The smallest absolute Gasteiger partial charge is 0.419 e. The Hall–Kier alpha value is -2.63. The molecule has 0 amide bonds. The van der Waals surface area contributed by atoms with E-state index >= 15 is 0 Å². The molecule has 0 N–H and O–H groups in total. The summed E-state index contributed by atoms with van der Waals surface area (Å²) in [6.07, 6.45) is -4.06. The Balaban J connectivity index is 2.03. The average molecular weight is 403 g/mol. The Morgan fingerprint density at radius 1 is 1.10 bits per heavy atom. The molecule has 0 radical (unpaired) electrons. The zero-order chi connectivity index (χ0) is 21.2. The quantitative estimate of drug-likeness (QED) is 0.663. The van der Waals surface area contributed by atoms with Gasteiger partial charge in [0.15, 0.2) is 0 Å². The molecule has 1 aliphatic rings. The molecule has 3 rings (SSSR count). The van der Waals surface area contributed by atoms with E-state index in [0.717, 1.165) is 11.6 Å². The molecule has 0 bridgehead atoms. The maximum absolute atomic E-state index is 13.6. The molecule has 0 aliphatic heterocycles. The Morgan fingerprint density at radius 2 is 1.79 bits per heavy atom. The minimum atomic E-state index is -4.57. The van der Waals surface area contributed by atoms with Gasteiger partial charge in [-0.2, -0.15) is 13.2 Å². The van der Waals surface area contributed by atoms with Crippen molar-refractivity contribution in [3.8, 4) is 5.75 Å². The predicted octanol–water partition coefficient (Wildman–Crippen LogP) is 5.48. The summed E-state index contributed by atoms with van der Waals surface area (Å²) in [5, 5.41) is 0. The molecule has 1 fully saturated rings. The zero-order valence-electron chi connectivity index (χ0n) is 16.7. The number of hydrogen-bond acceptors (Lipinski definition) is 3. The molecule has 154 valence electrons. The van der Waals surface area contributed by atoms with Crippen LogP contribution in [0.4, 0.5) is 13.2 Å². The van der Waals surface area contributed by atoms with E-state index in [-0.39, 0.29) is 23.0 Å². The molecule has 2 aromatic carbocycles. The van der Waals surface area contributed by atoms with Crippen molar-refractivity contribution in [1.82, 2.24) is 0 Å². The maximum Gasteiger partial charge on any atom is 0.419 e. The maximum atomic E-state index is 13.6. The van der Waals surface area contributed by atoms with Crippen LogP contribution in [0.5, 0.6) is 5.75 Å². The number of hydrogen-bond donors (Lipinski definition) is 0. The highest BCUT2D eigenvalue weighted by atomic mass is 19.4. The highest BCUT2D eigenvalue weighted by Crippen LogP contribution is 2.44. The summed E-state index contributed by atoms with van der Waals surface area (Å²) in [6, 6.07) is 13.5. The molecule has 0 saturated heterocycles. The lowest BCUT2D eigenvalue weighted by Gasteiger charge is -2.22. The van der Waals surface area contributed by atoms with Gasteiger partial charge in [0.05, 0.1) is 17.6 Å². The van der Waals surface area contributed by atoms with Crippen LogP contribution in [0.25, 0.3) is 0 Å². The number of Topliss-reactive ketones (excluding diaryl/α,β-unsaturated/α-hetero) is 1. The molecule has 0 heterocycles. The number of rotatable bonds is 5. The molecular formula is C23H24F3NO2. The first-order valence-electron chi connectivity index (χ1n) is 9.62. The highest BCUT2D eigenvalue weighted by molar-refractivity contribution is 6.17. The molecule has 0 spiro atoms. The van der Waals surface area contributed by atoms with Crippen LogP contribution in [-0.4, -0.2) is 24.6 Å². The van der Waals surface area contributed by atoms with Crippen molar-refractivity contribution in [3.63, 3.8) is 0 Å². The van der Waals surface area contributed by atoms with E-state index in [1.807, 2.05) is 30.3 Å². The van der Waals surface area contributed by atoms with Crippen LogP contribution in [0.15, 0.2) is 53.5 Å². The van der Waals surface area contributed by atoms with Crippen molar-refractivity contribution >= 4 is 11.5 Å². The van der Waals surface area contributed by atoms with E-state index in [4.69, 9.17) is 4.74 Å². The molecule has 2 unspecified atom stereocenters. The fourth-order valence-electron chi connectivity index (χ4n) is 3.87. The van der Waals surface area contributed by atoms with Crippen LogP contribution in [0.2, 0.25) is 0 Å². The van der Waals surface area contributed by atoms with Gasteiger partial charge in [-0.1, -0.05) is 42.5 Å². The van der Waals surface area contributed by atoms with Gasteiger partial charge in [0.1, 0.15) is 11.5 Å². The average Bonchev–Trinajstić information content (AvgIpc) is 2.97. The van der Waals surface area contributed by atoms with E-state index in [0.29, 0.717) is 18.6 Å². The number of para-hydroxylation sites is 1. The van der Waals surface area contributed by atoms with Crippen LogP contribution in [0.1, 0.15) is 42.9 Å². The summed E-state index contributed by atoms with van der Waals surface area (Å²) in [5.74, 6) is -1.51. The van der Waals surface area contributed by atoms with Crippen molar-refractivity contribution in [2.75, 3.05) is 7.05 Å².